The van der Waals surface area contributed by atoms with Gasteiger partial charge in [0.2, 0.25) is 0 Å². The van der Waals surface area contributed by atoms with Gasteiger partial charge in [0.25, 0.3) is 0 Å². The summed E-state index contributed by atoms with van der Waals surface area (Å²) in [5.41, 5.74) is 0. The third-order valence-electron chi connectivity index (χ3n) is 14.4. The number of quaternary nitrogens is 1. The highest BCUT2D eigenvalue weighted by molar-refractivity contribution is 5.70. The third-order valence-corrected chi connectivity index (χ3v) is 14.4. The van der Waals surface area contributed by atoms with Crippen LogP contribution in [0, 0.1) is 0 Å². The predicted octanol–water partition coefficient (Wildman–Crippen LogP) is 18.1. The van der Waals surface area contributed by atoms with Crippen molar-refractivity contribution in [1.29, 1.82) is 0 Å². The first-order valence-corrected chi connectivity index (χ1v) is 32.3. The molecule has 0 saturated carbocycles. The van der Waals surface area contributed by atoms with Crippen LogP contribution in [0.4, 0.5) is 0 Å². The van der Waals surface area contributed by atoms with Crippen LogP contribution in [0.2, 0.25) is 0 Å². The number of allylic oxidation sites excluding steroid dienone is 8. The lowest BCUT2D eigenvalue weighted by atomic mass is 10.0. The fraction of sp³-hybridized carbons (Fsp3) is 0.836. The van der Waals surface area contributed by atoms with Crippen LogP contribution < -0.4 is 5.11 Å². The zero-order valence-electron chi connectivity index (χ0n) is 50.6. The molecule has 0 spiro atoms. The average Bonchev–Trinajstić information content (AvgIpc) is 3.39. The lowest BCUT2D eigenvalue weighted by Gasteiger charge is -2.26. The largest absolute Gasteiger partial charge is 0.545 e. The number of unbranched alkanes of at least 4 members (excludes halogenated alkanes) is 37. The highest BCUT2D eigenvalue weighted by Gasteiger charge is 2.22. The molecule has 0 bridgehead atoms. The molecule has 76 heavy (non-hydrogen) atoms. The summed E-state index contributed by atoms with van der Waals surface area (Å²) in [7, 11) is 5.90. The number of nitrogens with zero attached hydrogens (tertiary/aromatic N) is 1. The minimum Gasteiger partial charge on any atom is -0.545 e. The van der Waals surface area contributed by atoms with E-state index in [4.69, 9.17) is 18.9 Å². The highest BCUT2D eigenvalue weighted by atomic mass is 16.7. The first kappa shape index (κ1) is 73.2. The molecule has 0 saturated heterocycles. The number of carboxylic acid groups (broad SMARTS) is 1. The van der Waals surface area contributed by atoms with Crippen LogP contribution in [0.3, 0.4) is 0 Å². The molecule has 9 heteroatoms. The molecule has 0 heterocycles. The number of carbonyl (C=O) groups is 3. The predicted molar refractivity (Wildman–Crippen MR) is 320 cm³/mol. The number of hydrogen-bond acceptors (Lipinski definition) is 8. The summed E-state index contributed by atoms with van der Waals surface area (Å²) in [5.74, 6) is -2.38. The molecular weight excluding hydrogens is 947 g/mol. The summed E-state index contributed by atoms with van der Waals surface area (Å²) < 4.78 is 22.6. The molecule has 0 aromatic heterocycles. The second-order valence-corrected chi connectivity index (χ2v) is 23.0. The molecule has 0 aliphatic heterocycles. The van der Waals surface area contributed by atoms with Crippen molar-refractivity contribution in [3.8, 4) is 0 Å². The Morgan fingerprint density at radius 3 is 1.09 bits per heavy atom. The second kappa shape index (κ2) is 58.4. The van der Waals surface area contributed by atoms with Crippen LogP contribution in [0.5, 0.6) is 0 Å². The molecule has 0 aromatic carbocycles. The first-order chi connectivity index (χ1) is 37.1. The van der Waals surface area contributed by atoms with Gasteiger partial charge in [-0.25, -0.2) is 0 Å². The minimum atomic E-state index is -1.64. The molecule has 0 rings (SSSR count). The van der Waals surface area contributed by atoms with Gasteiger partial charge in [0.1, 0.15) is 13.2 Å². The van der Waals surface area contributed by atoms with Gasteiger partial charge in [-0.2, -0.15) is 0 Å². The van der Waals surface area contributed by atoms with E-state index in [0.717, 1.165) is 44.9 Å². The second-order valence-electron chi connectivity index (χ2n) is 23.0. The van der Waals surface area contributed by atoms with Crippen molar-refractivity contribution in [2.45, 2.75) is 315 Å². The van der Waals surface area contributed by atoms with Gasteiger partial charge in [-0.3, -0.25) is 9.59 Å². The van der Waals surface area contributed by atoms with Crippen LogP contribution in [0.25, 0.3) is 0 Å². The van der Waals surface area contributed by atoms with Gasteiger partial charge < -0.3 is 33.3 Å². The van der Waals surface area contributed by atoms with E-state index in [0.29, 0.717) is 17.4 Å². The molecule has 2 atom stereocenters. The quantitative estimate of drug-likeness (QED) is 0.0195. The number of carboxylic acids is 1. The standard InChI is InChI=1S/C67H123NO8/c1-6-8-10-12-14-16-18-20-21-22-23-24-25-26-27-28-29-30-31-32-33-34-35-36-37-38-39-40-41-42-43-44-46-47-49-51-53-55-57-64(69)74-61-63(62-75-67(66(71)72)73-60-59-68(3,4)5)76-65(70)58-56-54-52-50-48-45-19-17-15-13-11-9-7-2/h9,11,15,17,45,48,52,54,63,67H,6-8,10,12-14,16,18-44,46-47,49-51,53,55-62H2,1-5H3/b11-9-,17-15-,48-45-,54-52-. The number of ether oxygens (including phenoxy) is 4. The lowest BCUT2D eigenvalue weighted by molar-refractivity contribution is -0.870. The van der Waals surface area contributed by atoms with Gasteiger partial charge in [0.15, 0.2) is 12.4 Å². The van der Waals surface area contributed by atoms with Crippen molar-refractivity contribution in [3.63, 3.8) is 0 Å². The van der Waals surface area contributed by atoms with Crippen molar-refractivity contribution in [2.24, 2.45) is 0 Å². The fourth-order valence-corrected chi connectivity index (χ4v) is 9.44. The van der Waals surface area contributed by atoms with Crippen LogP contribution in [0.1, 0.15) is 303 Å². The van der Waals surface area contributed by atoms with E-state index in [2.05, 4.69) is 50.3 Å². The molecule has 0 aliphatic carbocycles. The maximum absolute atomic E-state index is 12.8. The molecule has 0 fully saturated rings. The first-order valence-electron chi connectivity index (χ1n) is 32.3. The summed E-state index contributed by atoms with van der Waals surface area (Å²) in [6.45, 7) is 4.58. The smallest absolute Gasteiger partial charge is 0.306 e. The molecule has 444 valence electrons. The SMILES string of the molecule is CC/C=C\C/C=C\C/C=C\C/C=C\CCC(=O)OC(COC(=O)CCCCCCCCCCCCCCCCCCCCCCCCCCCCCCCCCCCCCCCC)COC(OCC[N+](C)(C)C)C(=O)[O-]. The van der Waals surface area contributed by atoms with E-state index in [1.54, 1.807) is 0 Å². The molecular formula is C67H123NO8. The van der Waals surface area contributed by atoms with Gasteiger partial charge in [-0.1, -0.05) is 300 Å². The minimum absolute atomic E-state index is 0.127. The van der Waals surface area contributed by atoms with Crippen molar-refractivity contribution < 1.29 is 42.9 Å². The number of rotatable bonds is 60. The Balaban J connectivity index is 3.92. The summed E-state index contributed by atoms with van der Waals surface area (Å²) in [6, 6.07) is 0. The number of likely N-dealkylation sites (N-methyl/N-ethyl adjacent to an activating group) is 1. The van der Waals surface area contributed by atoms with E-state index in [1.165, 1.54) is 225 Å². The molecule has 0 radical (unpaired) electrons. The molecule has 2 unspecified atom stereocenters. The number of hydrogen-bond donors (Lipinski definition) is 0. The van der Waals surface area contributed by atoms with Gasteiger partial charge in [-0.15, -0.1) is 0 Å². The van der Waals surface area contributed by atoms with Gasteiger partial charge in [-0.05, 0) is 38.5 Å². The Kier molecular flexibility index (Phi) is 56.3. The van der Waals surface area contributed by atoms with E-state index in [1.807, 2.05) is 33.3 Å². The molecule has 0 aliphatic rings. The van der Waals surface area contributed by atoms with E-state index < -0.39 is 24.3 Å². The van der Waals surface area contributed by atoms with Crippen molar-refractivity contribution in [3.05, 3.63) is 48.6 Å². The summed E-state index contributed by atoms with van der Waals surface area (Å²) in [6.07, 6.45) is 71.1. The van der Waals surface area contributed by atoms with Crippen molar-refractivity contribution >= 4 is 17.9 Å². The Labute approximate surface area is 470 Å². The normalized spacial score (nSPS) is 13.0. The third kappa shape index (κ3) is 58.9. The Hall–Kier alpha value is -2.75. The van der Waals surface area contributed by atoms with E-state index in [-0.39, 0.29) is 38.6 Å². The van der Waals surface area contributed by atoms with Crippen LogP contribution in [-0.4, -0.2) is 82.3 Å². The van der Waals surface area contributed by atoms with E-state index >= 15 is 0 Å². The van der Waals surface area contributed by atoms with Crippen LogP contribution in [0.15, 0.2) is 48.6 Å². The molecule has 0 N–H and O–H groups in total. The summed E-state index contributed by atoms with van der Waals surface area (Å²) >= 11 is 0. The van der Waals surface area contributed by atoms with Crippen molar-refractivity contribution in [2.75, 3.05) is 47.5 Å². The van der Waals surface area contributed by atoms with Crippen molar-refractivity contribution in [1.82, 2.24) is 0 Å². The molecule has 9 nitrogen and oxygen atoms in total. The number of esters is 2. The Morgan fingerprint density at radius 2 is 0.750 bits per heavy atom. The topological polar surface area (TPSA) is 111 Å². The average molecular weight is 1070 g/mol. The monoisotopic (exact) mass is 1070 g/mol. The molecule has 0 amide bonds. The van der Waals surface area contributed by atoms with Crippen LogP contribution >= 0.6 is 0 Å². The van der Waals surface area contributed by atoms with Gasteiger partial charge in [0, 0.05) is 12.8 Å². The summed E-state index contributed by atoms with van der Waals surface area (Å²) in [4.78, 5) is 37.2. The van der Waals surface area contributed by atoms with E-state index in [9.17, 15) is 19.5 Å². The Bertz CT molecular complexity index is 1380. The van der Waals surface area contributed by atoms with Gasteiger partial charge >= 0.3 is 11.9 Å². The zero-order chi connectivity index (χ0) is 55.5. The summed E-state index contributed by atoms with van der Waals surface area (Å²) in [5, 5.41) is 11.7. The Morgan fingerprint density at radius 1 is 0.408 bits per heavy atom. The zero-order valence-corrected chi connectivity index (χ0v) is 50.6. The number of carbonyl (C=O) groups excluding carboxylic acids is 3. The maximum atomic E-state index is 12.8. The lowest BCUT2D eigenvalue weighted by Crippen LogP contribution is -2.44. The maximum Gasteiger partial charge on any atom is 0.306 e. The molecule has 0 aromatic rings. The van der Waals surface area contributed by atoms with Crippen LogP contribution in [-0.2, 0) is 33.3 Å². The number of aliphatic carboxylic acids is 1. The highest BCUT2D eigenvalue weighted by Crippen LogP contribution is 2.18. The fourth-order valence-electron chi connectivity index (χ4n) is 9.44. The van der Waals surface area contributed by atoms with Gasteiger partial charge in [0.05, 0.1) is 40.3 Å².